The summed E-state index contributed by atoms with van der Waals surface area (Å²) in [6.07, 6.45) is -0.302. The van der Waals surface area contributed by atoms with Crippen LogP contribution in [0.3, 0.4) is 0 Å². The highest BCUT2D eigenvalue weighted by molar-refractivity contribution is 7.50. The second-order valence-electron chi connectivity index (χ2n) is 3.04. The van der Waals surface area contributed by atoms with E-state index in [1.165, 1.54) is 0 Å². The first-order chi connectivity index (χ1) is 7.01. The van der Waals surface area contributed by atoms with Gasteiger partial charge in [-0.15, -0.1) is 0 Å². The zero-order chi connectivity index (χ0) is 11.3. The van der Waals surface area contributed by atoms with Gasteiger partial charge in [-0.3, -0.25) is 4.57 Å². The first kappa shape index (κ1) is 12.2. The van der Waals surface area contributed by atoms with Crippen molar-refractivity contribution < 1.29 is 24.2 Å². The van der Waals surface area contributed by atoms with E-state index in [0.717, 1.165) is 0 Å². The SMILES string of the molecule is O=P(O)(O)Cc1cccc(OCCO)c1. The third kappa shape index (κ3) is 4.95. The second-order valence-corrected chi connectivity index (χ2v) is 4.69. The summed E-state index contributed by atoms with van der Waals surface area (Å²) in [5.41, 5.74) is 0.513. The highest BCUT2D eigenvalue weighted by atomic mass is 31.2. The highest BCUT2D eigenvalue weighted by Crippen LogP contribution is 2.39. The summed E-state index contributed by atoms with van der Waals surface area (Å²) in [6, 6.07) is 6.48. The first-order valence-electron chi connectivity index (χ1n) is 4.38. The van der Waals surface area contributed by atoms with Crippen molar-refractivity contribution in [3.63, 3.8) is 0 Å². The minimum Gasteiger partial charge on any atom is -0.491 e. The maximum Gasteiger partial charge on any atom is 0.329 e. The van der Waals surface area contributed by atoms with Crippen LogP contribution in [0.4, 0.5) is 0 Å². The maximum absolute atomic E-state index is 10.7. The average molecular weight is 232 g/mol. The molecule has 0 saturated carbocycles. The molecule has 0 saturated heterocycles. The molecule has 15 heavy (non-hydrogen) atoms. The van der Waals surface area contributed by atoms with E-state index in [2.05, 4.69) is 0 Å². The van der Waals surface area contributed by atoms with Gasteiger partial charge in [-0.25, -0.2) is 0 Å². The lowest BCUT2D eigenvalue weighted by molar-refractivity contribution is 0.201. The van der Waals surface area contributed by atoms with Crippen molar-refractivity contribution >= 4 is 7.60 Å². The van der Waals surface area contributed by atoms with E-state index in [-0.39, 0.29) is 19.4 Å². The topological polar surface area (TPSA) is 87.0 Å². The molecule has 5 nitrogen and oxygen atoms in total. The van der Waals surface area contributed by atoms with Crippen molar-refractivity contribution in [3.05, 3.63) is 29.8 Å². The van der Waals surface area contributed by atoms with Gasteiger partial charge in [0, 0.05) is 0 Å². The molecule has 0 spiro atoms. The monoisotopic (exact) mass is 232 g/mol. The maximum atomic E-state index is 10.7. The molecule has 1 aromatic carbocycles. The molecule has 0 unspecified atom stereocenters. The molecule has 0 atom stereocenters. The quantitative estimate of drug-likeness (QED) is 0.651. The van der Waals surface area contributed by atoms with Crippen LogP contribution in [0.25, 0.3) is 0 Å². The molecule has 0 aliphatic heterocycles. The molecule has 0 heterocycles. The summed E-state index contributed by atoms with van der Waals surface area (Å²) in [7, 11) is -4.04. The molecule has 1 rings (SSSR count). The lowest BCUT2D eigenvalue weighted by Crippen LogP contribution is -2.01. The predicted octanol–water partition coefficient (Wildman–Crippen LogP) is 0.735. The van der Waals surface area contributed by atoms with Crippen molar-refractivity contribution in [1.82, 2.24) is 0 Å². The Hall–Kier alpha value is -0.870. The standard InChI is InChI=1S/C9H13O5P/c10-4-5-14-9-3-1-2-8(6-9)7-15(11,12)13/h1-3,6,10H,4-5,7H2,(H2,11,12,13). The van der Waals surface area contributed by atoms with Crippen molar-refractivity contribution in [2.45, 2.75) is 6.16 Å². The van der Waals surface area contributed by atoms with Crippen LogP contribution in [0, 0.1) is 0 Å². The fraction of sp³-hybridized carbons (Fsp3) is 0.333. The van der Waals surface area contributed by atoms with Gasteiger partial charge in [-0.2, -0.15) is 0 Å². The summed E-state index contributed by atoms with van der Waals surface area (Å²) in [4.78, 5) is 17.5. The van der Waals surface area contributed by atoms with Crippen LogP contribution in [0.2, 0.25) is 0 Å². The Morgan fingerprint density at radius 3 is 2.67 bits per heavy atom. The molecule has 84 valence electrons. The normalized spacial score (nSPS) is 11.4. The molecule has 0 bridgehead atoms. The van der Waals surface area contributed by atoms with Gasteiger partial charge in [0.1, 0.15) is 12.4 Å². The number of benzene rings is 1. The molecule has 0 aliphatic rings. The van der Waals surface area contributed by atoms with E-state index in [9.17, 15) is 4.57 Å². The van der Waals surface area contributed by atoms with E-state index in [0.29, 0.717) is 11.3 Å². The van der Waals surface area contributed by atoms with Crippen LogP contribution in [-0.4, -0.2) is 28.1 Å². The van der Waals surface area contributed by atoms with Crippen molar-refractivity contribution in [3.8, 4) is 5.75 Å². The Kier molecular flexibility index (Phi) is 4.29. The Bertz CT molecular complexity index is 359. The molecule has 0 aromatic heterocycles. The largest absolute Gasteiger partial charge is 0.491 e. The predicted molar refractivity (Wildman–Crippen MR) is 54.8 cm³/mol. The fourth-order valence-electron chi connectivity index (χ4n) is 1.13. The average Bonchev–Trinajstić information content (AvgIpc) is 2.12. The van der Waals surface area contributed by atoms with Crippen LogP contribution < -0.4 is 4.74 Å². The minimum absolute atomic E-state index is 0.0945. The third-order valence-electron chi connectivity index (χ3n) is 1.65. The minimum atomic E-state index is -4.04. The molecule has 1 aromatic rings. The van der Waals surface area contributed by atoms with E-state index in [1.807, 2.05) is 0 Å². The smallest absolute Gasteiger partial charge is 0.329 e. The van der Waals surface area contributed by atoms with Gasteiger partial charge in [-0.1, -0.05) is 12.1 Å². The van der Waals surface area contributed by atoms with Gasteiger partial charge in [0.25, 0.3) is 0 Å². The van der Waals surface area contributed by atoms with Gasteiger partial charge >= 0.3 is 7.60 Å². The van der Waals surface area contributed by atoms with Gasteiger partial charge in [-0.05, 0) is 17.7 Å². The number of ether oxygens (including phenoxy) is 1. The van der Waals surface area contributed by atoms with Crippen molar-refractivity contribution in [2.75, 3.05) is 13.2 Å². The summed E-state index contributed by atoms with van der Waals surface area (Å²) in [5, 5.41) is 8.53. The van der Waals surface area contributed by atoms with E-state index < -0.39 is 7.60 Å². The van der Waals surface area contributed by atoms with Crippen LogP contribution in [0.1, 0.15) is 5.56 Å². The molecule has 0 fully saturated rings. The lowest BCUT2D eigenvalue weighted by atomic mass is 10.2. The second kappa shape index (κ2) is 5.28. The summed E-state index contributed by atoms with van der Waals surface area (Å²) >= 11 is 0. The molecular formula is C9H13O5P. The summed E-state index contributed by atoms with van der Waals surface area (Å²) in [5.74, 6) is 0.495. The summed E-state index contributed by atoms with van der Waals surface area (Å²) in [6.45, 7) is 0.0715. The first-order valence-corrected chi connectivity index (χ1v) is 6.18. The van der Waals surface area contributed by atoms with Gasteiger partial charge < -0.3 is 19.6 Å². The van der Waals surface area contributed by atoms with Gasteiger partial charge in [0.15, 0.2) is 0 Å². The zero-order valence-electron chi connectivity index (χ0n) is 8.04. The molecule has 6 heteroatoms. The van der Waals surface area contributed by atoms with E-state index >= 15 is 0 Å². The van der Waals surface area contributed by atoms with Gasteiger partial charge in [0.2, 0.25) is 0 Å². The van der Waals surface area contributed by atoms with Crippen molar-refractivity contribution in [2.24, 2.45) is 0 Å². The Morgan fingerprint density at radius 1 is 1.33 bits per heavy atom. The number of rotatable bonds is 5. The number of hydrogen-bond donors (Lipinski definition) is 3. The number of hydrogen-bond acceptors (Lipinski definition) is 3. The van der Waals surface area contributed by atoms with Gasteiger partial charge in [0.05, 0.1) is 12.8 Å². The molecule has 0 amide bonds. The zero-order valence-corrected chi connectivity index (χ0v) is 8.93. The summed E-state index contributed by atoms with van der Waals surface area (Å²) < 4.78 is 15.8. The highest BCUT2D eigenvalue weighted by Gasteiger charge is 2.13. The molecule has 0 aliphatic carbocycles. The third-order valence-corrected chi connectivity index (χ3v) is 2.42. The van der Waals surface area contributed by atoms with Crippen LogP contribution in [-0.2, 0) is 10.7 Å². The molecule has 3 N–H and O–H groups in total. The number of aliphatic hydroxyl groups excluding tert-OH is 1. The van der Waals surface area contributed by atoms with Crippen LogP contribution in [0.15, 0.2) is 24.3 Å². The Labute approximate surface area is 87.5 Å². The van der Waals surface area contributed by atoms with E-state index in [1.54, 1.807) is 24.3 Å². The van der Waals surface area contributed by atoms with Crippen LogP contribution in [0.5, 0.6) is 5.75 Å². The number of aliphatic hydroxyl groups is 1. The fourth-order valence-corrected chi connectivity index (χ4v) is 1.81. The molecule has 0 radical (unpaired) electrons. The van der Waals surface area contributed by atoms with E-state index in [4.69, 9.17) is 19.6 Å². The van der Waals surface area contributed by atoms with Crippen LogP contribution >= 0.6 is 7.60 Å². The molecular weight excluding hydrogens is 219 g/mol. The van der Waals surface area contributed by atoms with Crippen molar-refractivity contribution in [1.29, 1.82) is 0 Å². The Morgan fingerprint density at radius 2 is 2.07 bits per heavy atom. The lowest BCUT2D eigenvalue weighted by Gasteiger charge is -2.07. The Balaban J connectivity index is 2.70.